The van der Waals surface area contributed by atoms with E-state index >= 15 is 0 Å². The van der Waals surface area contributed by atoms with Crippen molar-refractivity contribution < 1.29 is 9.90 Å². The Hall–Kier alpha value is -0.550. The van der Waals surface area contributed by atoms with Crippen molar-refractivity contribution in [2.45, 2.75) is 25.5 Å². The molecule has 0 atom stereocenters. The van der Waals surface area contributed by atoms with Gasteiger partial charge in [-0.25, -0.2) is 4.98 Å². The summed E-state index contributed by atoms with van der Waals surface area (Å²) < 4.78 is 0. The maximum Gasteiger partial charge on any atom is 0.309 e. The van der Waals surface area contributed by atoms with E-state index in [1.165, 1.54) is 0 Å². The van der Waals surface area contributed by atoms with Crippen LogP contribution in [0.4, 0.5) is 0 Å². The van der Waals surface area contributed by atoms with Gasteiger partial charge in [0.15, 0.2) is 0 Å². The molecule has 0 amide bonds. The number of carbonyl (C=O) groups is 1. The van der Waals surface area contributed by atoms with Crippen LogP contribution in [0.3, 0.4) is 0 Å². The maximum absolute atomic E-state index is 10.4. The Morgan fingerprint density at radius 1 is 1.71 bits per heavy atom. The van der Waals surface area contributed by atoms with Crippen molar-refractivity contribution in [1.82, 2.24) is 4.98 Å². The highest BCUT2D eigenvalue weighted by Gasteiger charge is 2.05. The fourth-order valence-electron chi connectivity index (χ4n) is 0.955. The number of carboxylic acid groups (broad SMARTS) is 1. The topological polar surface area (TPSA) is 50.2 Å². The van der Waals surface area contributed by atoms with Crippen LogP contribution < -0.4 is 0 Å². The fraction of sp³-hybridized carbons (Fsp3) is 0.556. The average molecular weight is 231 g/mol. The van der Waals surface area contributed by atoms with Crippen LogP contribution in [0.1, 0.15) is 24.0 Å². The predicted molar refractivity (Wildman–Crippen MR) is 59.9 cm³/mol. The Morgan fingerprint density at radius 2 is 2.50 bits per heavy atom. The van der Waals surface area contributed by atoms with Gasteiger partial charge in [0.2, 0.25) is 0 Å². The second kappa shape index (κ2) is 6.03. The van der Waals surface area contributed by atoms with Crippen LogP contribution in [-0.2, 0) is 17.0 Å². The summed E-state index contributed by atoms with van der Waals surface area (Å²) in [6.07, 6.45) is 1.20. The molecule has 0 spiro atoms. The minimum atomic E-state index is -0.817. The second-order valence-electron chi connectivity index (χ2n) is 2.86. The molecule has 3 nitrogen and oxygen atoms in total. The second-order valence-corrected chi connectivity index (χ2v) is 4.90. The van der Waals surface area contributed by atoms with E-state index < -0.39 is 5.97 Å². The van der Waals surface area contributed by atoms with Crippen LogP contribution in [0.25, 0.3) is 0 Å². The number of thioether (sulfide) groups is 1. The monoisotopic (exact) mass is 231 g/mol. The Morgan fingerprint density at radius 3 is 3.14 bits per heavy atom. The first-order valence-corrected chi connectivity index (χ1v) is 6.48. The van der Waals surface area contributed by atoms with Crippen molar-refractivity contribution >= 4 is 29.1 Å². The normalized spacial score (nSPS) is 10.4. The molecule has 0 saturated heterocycles. The average Bonchev–Trinajstić information content (AvgIpc) is 2.52. The summed E-state index contributed by atoms with van der Waals surface area (Å²) in [5.74, 6) is 1.22. The quantitative estimate of drug-likeness (QED) is 0.764. The van der Waals surface area contributed by atoms with Gasteiger partial charge in [-0.05, 0) is 12.2 Å². The maximum atomic E-state index is 10.4. The molecule has 1 aromatic rings. The molecular weight excluding hydrogens is 218 g/mol. The molecular formula is C9H13NO2S2. The first kappa shape index (κ1) is 11.5. The van der Waals surface area contributed by atoms with Gasteiger partial charge in [-0.3, -0.25) is 4.79 Å². The summed E-state index contributed by atoms with van der Waals surface area (Å²) >= 11 is 3.39. The molecule has 0 bridgehead atoms. The Labute approximate surface area is 91.6 Å². The van der Waals surface area contributed by atoms with E-state index in [-0.39, 0.29) is 6.42 Å². The number of aromatic nitrogens is 1. The molecule has 0 saturated carbocycles. The molecule has 0 radical (unpaired) electrons. The van der Waals surface area contributed by atoms with Crippen LogP contribution in [0.2, 0.25) is 0 Å². The molecule has 1 aromatic heterocycles. The van der Waals surface area contributed by atoms with E-state index in [0.717, 1.165) is 22.9 Å². The molecule has 78 valence electrons. The molecule has 1 rings (SSSR count). The van der Waals surface area contributed by atoms with Gasteiger partial charge in [0.25, 0.3) is 0 Å². The fourth-order valence-corrected chi connectivity index (χ4v) is 2.73. The third-order valence-corrected chi connectivity index (χ3v) is 3.76. The van der Waals surface area contributed by atoms with Crippen LogP contribution in [-0.4, -0.2) is 21.8 Å². The zero-order valence-corrected chi connectivity index (χ0v) is 9.66. The Kier molecular flexibility index (Phi) is 4.97. The first-order valence-electron chi connectivity index (χ1n) is 4.45. The third kappa shape index (κ3) is 4.11. The van der Waals surface area contributed by atoms with Gasteiger partial charge in [-0.1, -0.05) is 6.92 Å². The Balaban J connectivity index is 2.38. The molecule has 0 aliphatic carbocycles. The minimum Gasteiger partial charge on any atom is -0.481 e. The minimum absolute atomic E-state index is 0.0367. The molecule has 0 unspecified atom stereocenters. The molecule has 0 aromatic carbocycles. The van der Waals surface area contributed by atoms with Gasteiger partial charge < -0.3 is 5.11 Å². The summed E-state index contributed by atoms with van der Waals surface area (Å²) in [7, 11) is 0. The summed E-state index contributed by atoms with van der Waals surface area (Å²) in [5.41, 5.74) is 0.676. The molecule has 0 aliphatic heterocycles. The lowest BCUT2D eigenvalue weighted by molar-refractivity contribution is -0.136. The molecule has 14 heavy (non-hydrogen) atoms. The molecule has 1 N–H and O–H groups in total. The largest absolute Gasteiger partial charge is 0.481 e. The lowest BCUT2D eigenvalue weighted by Gasteiger charge is -1.94. The number of thiazole rings is 1. The number of hydrogen-bond acceptors (Lipinski definition) is 4. The summed E-state index contributed by atoms with van der Waals surface area (Å²) in [6, 6.07) is 0. The van der Waals surface area contributed by atoms with Crippen LogP contribution >= 0.6 is 23.1 Å². The van der Waals surface area contributed by atoms with Gasteiger partial charge in [0.1, 0.15) is 5.01 Å². The van der Waals surface area contributed by atoms with E-state index in [0.29, 0.717) is 5.69 Å². The van der Waals surface area contributed by atoms with Gasteiger partial charge in [-0.2, -0.15) is 11.8 Å². The van der Waals surface area contributed by atoms with Crippen molar-refractivity contribution in [3.63, 3.8) is 0 Å². The number of rotatable bonds is 6. The summed E-state index contributed by atoms with van der Waals surface area (Å²) in [4.78, 5) is 14.6. The highest BCUT2D eigenvalue weighted by molar-refractivity contribution is 7.98. The SMILES string of the molecule is CCCSCc1nc(CC(=O)O)cs1. The van der Waals surface area contributed by atoms with E-state index in [1.807, 2.05) is 17.1 Å². The molecule has 5 heteroatoms. The van der Waals surface area contributed by atoms with Crippen molar-refractivity contribution in [2.24, 2.45) is 0 Å². The van der Waals surface area contributed by atoms with Gasteiger partial charge in [0, 0.05) is 11.1 Å². The van der Waals surface area contributed by atoms with Crippen LogP contribution in [0.5, 0.6) is 0 Å². The number of nitrogens with zero attached hydrogens (tertiary/aromatic N) is 1. The van der Waals surface area contributed by atoms with Gasteiger partial charge >= 0.3 is 5.97 Å². The van der Waals surface area contributed by atoms with E-state index in [4.69, 9.17) is 5.11 Å². The molecule has 0 fully saturated rings. The van der Waals surface area contributed by atoms with Crippen molar-refractivity contribution in [2.75, 3.05) is 5.75 Å². The number of hydrogen-bond donors (Lipinski definition) is 1. The van der Waals surface area contributed by atoms with Gasteiger partial charge in [0.05, 0.1) is 12.1 Å². The summed E-state index contributed by atoms with van der Waals surface area (Å²) in [6.45, 7) is 2.14. The number of carboxylic acids is 1. The smallest absolute Gasteiger partial charge is 0.309 e. The predicted octanol–water partition coefficient (Wildman–Crippen LogP) is 2.41. The first-order chi connectivity index (χ1) is 6.72. The van der Waals surface area contributed by atoms with Crippen LogP contribution in [0, 0.1) is 0 Å². The lowest BCUT2D eigenvalue weighted by Crippen LogP contribution is -2.00. The molecule has 1 heterocycles. The standard InChI is InChI=1S/C9H13NO2S2/c1-2-3-13-6-8-10-7(5-14-8)4-9(11)12/h5H,2-4,6H2,1H3,(H,11,12). The molecule has 0 aliphatic rings. The van der Waals surface area contributed by atoms with E-state index in [1.54, 1.807) is 11.3 Å². The van der Waals surface area contributed by atoms with Gasteiger partial charge in [-0.15, -0.1) is 11.3 Å². The lowest BCUT2D eigenvalue weighted by atomic mass is 10.3. The van der Waals surface area contributed by atoms with Crippen molar-refractivity contribution in [1.29, 1.82) is 0 Å². The highest BCUT2D eigenvalue weighted by atomic mass is 32.2. The van der Waals surface area contributed by atoms with Crippen molar-refractivity contribution in [3.05, 3.63) is 16.1 Å². The third-order valence-electron chi connectivity index (χ3n) is 1.51. The van der Waals surface area contributed by atoms with Crippen LogP contribution in [0.15, 0.2) is 5.38 Å². The van der Waals surface area contributed by atoms with E-state index in [2.05, 4.69) is 11.9 Å². The number of aliphatic carboxylic acids is 1. The summed E-state index contributed by atoms with van der Waals surface area (Å²) in [5, 5.41) is 11.4. The zero-order chi connectivity index (χ0) is 10.4. The zero-order valence-electron chi connectivity index (χ0n) is 8.02. The Bertz CT molecular complexity index is 299. The van der Waals surface area contributed by atoms with Crippen molar-refractivity contribution in [3.8, 4) is 0 Å². The van der Waals surface area contributed by atoms with E-state index in [9.17, 15) is 4.79 Å². The highest BCUT2D eigenvalue weighted by Crippen LogP contribution is 2.17.